The molecule has 0 aliphatic heterocycles. The molecule has 0 amide bonds. The van der Waals surface area contributed by atoms with E-state index in [4.69, 9.17) is 0 Å². The topological polar surface area (TPSA) is 55.2 Å². The van der Waals surface area contributed by atoms with Gasteiger partial charge in [0, 0.05) is 18.7 Å². The number of benzene rings is 2. The fraction of sp³-hybridized carbons (Fsp3) is 0.0769. The molecule has 7 heteroatoms. The largest absolute Gasteiger partial charge is 0.375 e. The Morgan fingerprint density at radius 2 is 2.00 bits per heavy atom. The lowest BCUT2D eigenvalue weighted by molar-refractivity contribution is -0.384. The standard InChI is InChI=1S/C13H9F2IN2O2/c14-9-3-1-2-8(4-9)7-17-12-5-10(15)11(16)6-13(12)18(19)20/h1-6,17H,7H2. The zero-order valence-electron chi connectivity index (χ0n) is 10.1. The molecule has 0 saturated carbocycles. The lowest BCUT2D eigenvalue weighted by Gasteiger charge is -2.08. The lowest BCUT2D eigenvalue weighted by atomic mass is 10.2. The van der Waals surface area contributed by atoms with Crippen molar-refractivity contribution in [3.8, 4) is 0 Å². The van der Waals surface area contributed by atoms with E-state index in [1.807, 2.05) is 0 Å². The van der Waals surface area contributed by atoms with Crippen LogP contribution < -0.4 is 5.32 Å². The maximum atomic E-state index is 13.5. The molecule has 0 heterocycles. The average molecular weight is 390 g/mol. The summed E-state index contributed by atoms with van der Waals surface area (Å²) in [5.41, 5.74) is 0.461. The fourth-order valence-electron chi connectivity index (χ4n) is 1.67. The Balaban J connectivity index is 2.24. The number of hydrogen-bond donors (Lipinski definition) is 1. The monoisotopic (exact) mass is 390 g/mol. The molecule has 1 N–H and O–H groups in total. The first-order valence-corrected chi connectivity index (χ1v) is 6.67. The molecule has 0 saturated heterocycles. The van der Waals surface area contributed by atoms with Gasteiger partial charge in [-0.1, -0.05) is 12.1 Å². The Bertz CT molecular complexity index is 665. The molecule has 0 radical (unpaired) electrons. The first kappa shape index (κ1) is 14.6. The van der Waals surface area contributed by atoms with Crippen LogP contribution in [0.3, 0.4) is 0 Å². The van der Waals surface area contributed by atoms with Gasteiger partial charge in [-0.2, -0.15) is 0 Å². The van der Waals surface area contributed by atoms with Crippen LogP contribution in [0, 0.1) is 25.3 Å². The summed E-state index contributed by atoms with van der Waals surface area (Å²) < 4.78 is 26.7. The molecule has 2 rings (SSSR count). The Labute approximate surface area is 127 Å². The molecule has 20 heavy (non-hydrogen) atoms. The predicted molar refractivity (Wildman–Crippen MR) is 79.5 cm³/mol. The van der Waals surface area contributed by atoms with Gasteiger partial charge in [-0.3, -0.25) is 10.1 Å². The van der Waals surface area contributed by atoms with E-state index in [1.54, 1.807) is 28.7 Å². The molecule has 2 aromatic carbocycles. The Morgan fingerprint density at radius 1 is 1.25 bits per heavy atom. The molecular weight excluding hydrogens is 381 g/mol. The van der Waals surface area contributed by atoms with E-state index in [-0.39, 0.29) is 21.5 Å². The summed E-state index contributed by atoms with van der Waals surface area (Å²) >= 11 is 1.69. The molecule has 0 unspecified atom stereocenters. The van der Waals surface area contributed by atoms with Gasteiger partial charge in [0.15, 0.2) is 0 Å². The van der Waals surface area contributed by atoms with Crippen molar-refractivity contribution >= 4 is 34.0 Å². The average Bonchev–Trinajstić information content (AvgIpc) is 2.39. The van der Waals surface area contributed by atoms with Gasteiger partial charge in [0.2, 0.25) is 0 Å². The van der Waals surface area contributed by atoms with Crippen LogP contribution >= 0.6 is 22.6 Å². The van der Waals surface area contributed by atoms with E-state index >= 15 is 0 Å². The summed E-state index contributed by atoms with van der Waals surface area (Å²) in [5, 5.41) is 13.7. The van der Waals surface area contributed by atoms with Crippen molar-refractivity contribution < 1.29 is 13.7 Å². The van der Waals surface area contributed by atoms with Crippen molar-refractivity contribution in [1.29, 1.82) is 0 Å². The van der Waals surface area contributed by atoms with Gasteiger partial charge < -0.3 is 5.32 Å². The lowest BCUT2D eigenvalue weighted by Crippen LogP contribution is -2.04. The van der Waals surface area contributed by atoms with Crippen LogP contribution in [0.25, 0.3) is 0 Å². The number of hydrogen-bond acceptors (Lipinski definition) is 3. The highest BCUT2D eigenvalue weighted by atomic mass is 127. The van der Waals surface area contributed by atoms with Gasteiger partial charge in [0.05, 0.1) is 8.49 Å². The van der Waals surface area contributed by atoms with Crippen molar-refractivity contribution in [3.05, 3.63) is 67.3 Å². The first-order valence-electron chi connectivity index (χ1n) is 5.59. The Hall–Kier alpha value is -1.77. The maximum absolute atomic E-state index is 13.5. The minimum Gasteiger partial charge on any atom is -0.375 e. The van der Waals surface area contributed by atoms with Crippen molar-refractivity contribution in [2.45, 2.75) is 6.54 Å². The van der Waals surface area contributed by atoms with E-state index < -0.39 is 16.6 Å². The van der Waals surface area contributed by atoms with Crippen molar-refractivity contribution in [3.63, 3.8) is 0 Å². The third-order valence-electron chi connectivity index (χ3n) is 2.61. The van der Waals surface area contributed by atoms with Crippen LogP contribution in [0.15, 0.2) is 36.4 Å². The van der Waals surface area contributed by atoms with Gasteiger partial charge in [-0.05, 0) is 40.3 Å². The van der Waals surface area contributed by atoms with Gasteiger partial charge in [-0.15, -0.1) is 0 Å². The third-order valence-corrected chi connectivity index (χ3v) is 3.43. The molecule has 0 atom stereocenters. The molecule has 0 fully saturated rings. The SMILES string of the molecule is O=[N+]([O-])c1cc(I)c(F)cc1NCc1cccc(F)c1. The smallest absolute Gasteiger partial charge is 0.293 e. The predicted octanol–water partition coefficient (Wildman–Crippen LogP) is 4.09. The second kappa shape index (κ2) is 6.12. The van der Waals surface area contributed by atoms with Gasteiger partial charge in [-0.25, -0.2) is 8.78 Å². The van der Waals surface area contributed by atoms with Crippen LogP contribution in [-0.2, 0) is 6.54 Å². The number of nitrogens with one attached hydrogen (secondary N) is 1. The van der Waals surface area contributed by atoms with Crippen LogP contribution in [0.5, 0.6) is 0 Å². The molecular formula is C13H9F2IN2O2. The van der Waals surface area contributed by atoms with Crippen molar-refractivity contribution in [1.82, 2.24) is 0 Å². The zero-order chi connectivity index (χ0) is 14.7. The van der Waals surface area contributed by atoms with Gasteiger partial charge in [0.1, 0.15) is 17.3 Å². The molecule has 0 spiro atoms. The van der Waals surface area contributed by atoms with Crippen molar-refractivity contribution in [2.75, 3.05) is 5.32 Å². The van der Waals surface area contributed by atoms with Gasteiger partial charge >= 0.3 is 0 Å². The summed E-state index contributed by atoms with van der Waals surface area (Å²) in [5.74, 6) is -0.939. The van der Waals surface area contributed by atoms with Crippen LogP contribution in [0.2, 0.25) is 0 Å². The van der Waals surface area contributed by atoms with E-state index in [0.29, 0.717) is 5.56 Å². The number of halogens is 3. The quantitative estimate of drug-likeness (QED) is 0.486. The summed E-state index contributed by atoms with van der Waals surface area (Å²) in [6.07, 6.45) is 0. The van der Waals surface area contributed by atoms with E-state index in [9.17, 15) is 18.9 Å². The van der Waals surface area contributed by atoms with E-state index in [2.05, 4.69) is 5.32 Å². The normalized spacial score (nSPS) is 10.3. The minimum absolute atomic E-state index is 0.0668. The number of nitro benzene ring substituents is 1. The fourth-order valence-corrected chi connectivity index (χ4v) is 2.12. The third kappa shape index (κ3) is 3.41. The number of anilines is 1. The zero-order valence-corrected chi connectivity index (χ0v) is 12.2. The highest BCUT2D eigenvalue weighted by Gasteiger charge is 2.17. The number of nitro groups is 1. The maximum Gasteiger partial charge on any atom is 0.293 e. The first-order chi connectivity index (χ1) is 9.47. The molecule has 104 valence electrons. The highest BCUT2D eigenvalue weighted by molar-refractivity contribution is 14.1. The Morgan fingerprint density at radius 3 is 2.65 bits per heavy atom. The number of rotatable bonds is 4. The van der Waals surface area contributed by atoms with Gasteiger partial charge in [0.25, 0.3) is 5.69 Å². The van der Waals surface area contributed by atoms with E-state index in [0.717, 1.165) is 12.1 Å². The molecule has 4 nitrogen and oxygen atoms in total. The molecule has 0 aliphatic rings. The summed E-state index contributed by atoms with van der Waals surface area (Å²) in [4.78, 5) is 10.3. The molecule has 0 bridgehead atoms. The van der Waals surface area contributed by atoms with Crippen molar-refractivity contribution in [2.24, 2.45) is 0 Å². The van der Waals surface area contributed by atoms with E-state index in [1.165, 1.54) is 18.2 Å². The van der Waals surface area contributed by atoms with Crippen LogP contribution in [-0.4, -0.2) is 4.92 Å². The van der Waals surface area contributed by atoms with Crippen LogP contribution in [0.4, 0.5) is 20.2 Å². The number of nitrogens with zero attached hydrogens (tertiary/aromatic N) is 1. The summed E-state index contributed by atoms with van der Waals surface area (Å²) in [7, 11) is 0. The highest BCUT2D eigenvalue weighted by Crippen LogP contribution is 2.29. The molecule has 0 aromatic heterocycles. The second-order valence-corrected chi connectivity index (χ2v) is 5.19. The molecule has 0 aliphatic carbocycles. The second-order valence-electron chi connectivity index (χ2n) is 4.02. The summed E-state index contributed by atoms with van der Waals surface area (Å²) in [6.45, 7) is 0.165. The minimum atomic E-state index is -0.588. The molecule has 2 aromatic rings. The Kier molecular flexibility index (Phi) is 4.48. The van der Waals surface area contributed by atoms with Crippen LogP contribution in [0.1, 0.15) is 5.56 Å². The summed E-state index contributed by atoms with van der Waals surface area (Å²) in [6, 6.07) is 8.04.